The predicted octanol–water partition coefficient (Wildman–Crippen LogP) is 2.64. The van der Waals surface area contributed by atoms with Crippen molar-refractivity contribution in [2.24, 2.45) is 0 Å². The van der Waals surface area contributed by atoms with Gasteiger partial charge < -0.3 is 15.4 Å². The number of hydrogen-bond donors (Lipinski definition) is 2. The fourth-order valence-electron chi connectivity index (χ4n) is 2.01. The van der Waals surface area contributed by atoms with Gasteiger partial charge in [0.2, 0.25) is 0 Å². The van der Waals surface area contributed by atoms with Crippen molar-refractivity contribution >= 4 is 11.6 Å². The van der Waals surface area contributed by atoms with Gasteiger partial charge in [0.25, 0.3) is 5.91 Å². The molecule has 4 nitrogen and oxygen atoms in total. The number of hydrogen-bond acceptors (Lipinski definition) is 3. The Kier molecular flexibility index (Phi) is 4.45. The number of aryl methyl sites for hydroxylation is 1. The molecule has 2 rings (SSSR count). The smallest absolute Gasteiger partial charge is 0.251 e. The molecule has 0 atom stereocenters. The molecule has 0 radical (unpaired) electrons. The van der Waals surface area contributed by atoms with Crippen LogP contribution in [0.2, 0.25) is 0 Å². The third-order valence-electron chi connectivity index (χ3n) is 3.37. The van der Waals surface area contributed by atoms with E-state index in [-0.39, 0.29) is 12.0 Å². The van der Waals surface area contributed by atoms with Crippen LogP contribution in [0.25, 0.3) is 0 Å². The first kappa shape index (κ1) is 14.6. The van der Waals surface area contributed by atoms with Crippen LogP contribution in [-0.2, 0) is 4.79 Å². The van der Waals surface area contributed by atoms with E-state index in [1.165, 1.54) is 5.57 Å². The minimum absolute atomic E-state index is 0.0258. The molecule has 1 fully saturated rings. The van der Waals surface area contributed by atoms with Gasteiger partial charge in [-0.2, -0.15) is 0 Å². The summed E-state index contributed by atoms with van der Waals surface area (Å²) in [5, 5.41) is 6.10. The standard InChI is InChI=1S/C16H22N2O2/c1-10(2)20-14-5-6-15(11(3)7-14)18-16(19)12(4)13-8-17-9-13/h5-7,10,17H,8-9H2,1-4H3,(H,18,19). The SMILES string of the molecule is CC(C(=O)Nc1ccc(OC(C)C)cc1C)=C1CNC1. The van der Waals surface area contributed by atoms with Crippen LogP contribution in [0.4, 0.5) is 5.69 Å². The van der Waals surface area contributed by atoms with Crippen molar-refractivity contribution in [3.8, 4) is 5.75 Å². The van der Waals surface area contributed by atoms with E-state index in [1.54, 1.807) is 0 Å². The van der Waals surface area contributed by atoms with Crippen molar-refractivity contribution in [3.05, 3.63) is 34.9 Å². The number of anilines is 1. The van der Waals surface area contributed by atoms with Gasteiger partial charge in [-0.3, -0.25) is 4.79 Å². The molecule has 4 heteroatoms. The van der Waals surface area contributed by atoms with Crippen molar-refractivity contribution in [2.45, 2.75) is 33.8 Å². The van der Waals surface area contributed by atoms with Crippen LogP contribution in [-0.4, -0.2) is 25.1 Å². The summed E-state index contributed by atoms with van der Waals surface area (Å²) >= 11 is 0. The summed E-state index contributed by atoms with van der Waals surface area (Å²) < 4.78 is 5.64. The van der Waals surface area contributed by atoms with Crippen molar-refractivity contribution in [1.29, 1.82) is 0 Å². The Labute approximate surface area is 120 Å². The summed E-state index contributed by atoms with van der Waals surface area (Å²) in [6, 6.07) is 5.72. The van der Waals surface area contributed by atoms with Crippen molar-refractivity contribution in [2.75, 3.05) is 18.4 Å². The Morgan fingerprint density at radius 3 is 2.55 bits per heavy atom. The Bertz CT molecular complexity index is 541. The summed E-state index contributed by atoms with van der Waals surface area (Å²) in [6.45, 7) is 9.46. The third-order valence-corrected chi connectivity index (χ3v) is 3.37. The van der Waals surface area contributed by atoms with Crippen molar-refractivity contribution in [1.82, 2.24) is 5.32 Å². The maximum Gasteiger partial charge on any atom is 0.251 e. The second-order valence-electron chi connectivity index (χ2n) is 5.43. The van der Waals surface area contributed by atoms with Crippen LogP contribution in [0.3, 0.4) is 0 Å². The summed E-state index contributed by atoms with van der Waals surface area (Å²) in [7, 11) is 0. The second kappa shape index (κ2) is 6.09. The molecular formula is C16H22N2O2. The molecule has 0 bridgehead atoms. The molecular weight excluding hydrogens is 252 g/mol. The lowest BCUT2D eigenvalue weighted by Crippen LogP contribution is -2.36. The highest BCUT2D eigenvalue weighted by Gasteiger charge is 2.16. The minimum Gasteiger partial charge on any atom is -0.491 e. The Hall–Kier alpha value is -1.81. The monoisotopic (exact) mass is 274 g/mol. The zero-order valence-corrected chi connectivity index (χ0v) is 12.5. The van der Waals surface area contributed by atoms with Crippen LogP contribution in [0, 0.1) is 6.92 Å². The van der Waals surface area contributed by atoms with E-state index >= 15 is 0 Å². The molecule has 0 unspecified atom stereocenters. The van der Waals surface area contributed by atoms with Gasteiger partial charge in [-0.1, -0.05) is 0 Å². The van der Waals surface area contributed by atoms with E-state index in [9.17, 15) is 4.79 Å². The quantitative estimate of drug-likeness (QED) is 0.830. The van der Waals surface area contributed by atoms with Gasteiger partial charge in [-0.25, -0.2) is 0 Å². The summed E-state index contributed by atoms with van der Waals surface area (Å²) in [5.74, 6) is 0.802. The first-order valence-corrected chi connectivity index (χ1v) is 6.95. The number of amides is 1. The highest BCUT2D eigenvalue weighted by atomic mass is 16.5. The molecule has 1 aliphatic rings. The fourth-order valence-corrected chi connectivity index (χ4v) is 2.01. The van der Waals surface area contributed by atoms with Gasteiger partial charge in [0.15, 0.2) is 0 Å². The molecule has 0 saturated carbocycles. The van der Waals surface area contributed by atoms with Crippen LogP contribution < -0.4 is 15.4 Å². The number of ether oxygens (including phenoxy) is 1. The largest absolute Gasteiger partial charge is 0.491 e. The van der Waals surface area contributed by atoms with Crippen molar-refractivity contribution < 1.29 is 9.53 Å². The van der Waals surface area contributed by atoms with E-state index in [1.807, 2.05) is 45.9 Å². The molecule has 1 saturated heterocycles. The zero-order chi connectivity index (χ0) is 14.7. The van der Waals surface area contributed by atoms with Crippen LogP contribution in [0.15, 0.2) is 29.3 Å². The zero-order valence-electron chi connectivity index (χ0n) is 12.5. The highest BCUT2D eigenvalue weighted by Crippen LogP contribution is 2.23. The van der Waals surface area contributed by atoms with Crippen molar-refractivity contribution in [3.63, 3.8) is 0 Å². The van der Waals surface area contributed by atoms with Crippen LogP contribution >= 0.6 is 0 Å². The predicted molar refractivity (Wildman–Crippen MR) is 81.1 cm³/mol. The molecule has 1 heterocycles. The molecule has 0 spiro atoms. The van der Waals surface area contributed by atoms with E-state index in [4.69, 9.17) is 4.74 Å². The summed E-state index contributed by atoms with van der Waals surface area (Å²) in [4.78, 5) is 12.1. The molecule has 108 valence electrons. The second-order valence-corrected chi connectivity index (χ2v) is 5.43. The molecule has 0 aromatic heterocycles. The minimum atomic E-state index is -0.0258. The number of nitrogens with one attached hydrogen (secondary N) is 2. The number of rotatable bonds is 4. The van der Waals surface area contributed by atoms with Gasteiger partial charge in [-0.05, 0) is 57.0 Å². The molecule has 1 amide bonds. The highest BCUT2D eigenvalue weighted by molar-refractivity contribution is 6.04. The normalized spacial score (nSPS) is 13.9. The summed E-state index contributed by atoms with van der Waals surface area (Å²) in [6.07, 6.45) is 0.146. The molecule has 20 heavy (non-hydrogen) atoms. The van der Waals surface area contributed by atoms with E-state index in [0.29, 0.717) is 0 Å². The molecule has 2 N–H and O–H groups in total. The molecule has 0 aliphatic carbocycles. The van der Waals surface area contributed by atoms with E-state index in [0.717, 1.165) is 35.7 Å². The molecule has 1 aromatic rings. The third kappa shape index (κ3) is 3.39. The average molecular weight is 274 g/mol. The lowest BCUT2D eigenvalue weighted by molar-refractivity contribution is -0.112. The van der Waals surface area contributed by atoms with Crippen LogP contribution in [0.1, 0.15) is 26.3 Å². The number of carbonyl (C=O) groups excluding carboxylic acids is 1. The Balaban J connectivity index is 2.08. The van der Waals surface area contributed by atoms with E-state index < -0.39 is 0 Å². The number of carbonyl (C=O) groups is 1. The maximum absolute atomic E-state index is 12.1. The first-order chi connectivity index (χ1) is 9.47. The van der Waals surface area contributed by atoms with Gasteiger partial charge >= 0.3 is 0 Å². The van der Waals surface area contributed by atoms with Crippen LogP contribution in [0.5, 0.6) is 5.75 Å². The lowest BCUT2D eigenvalue weighted by Gasteiger charge is -2.21. The Morgan fingerprint density at radius 2 is 2.05 bits per heavy atom. The summed E-state index contributed by atoms with van der Waals surface area (Å²) in [5.41, 5.74) is 3.82. The topological polar surface area (TPSA) is 50.4 Å². The van der Waals surface area contributed by atoms with E-state index in [2.05, 4.69) is 10.6 Å². The number of benzene rings is 1. The Morgan fingerprint density at radius 1 is 1.35 bits per heavy atom. The van der Waals surface area contributed by atoms with Gasteiger partial charge in [0.1, 0.15) is 5.75 Å². The fraction of sp³-hybridized carbons (Fsp3) is 0.438. The van der Waals surface area contributed by atoms with Gasteiger partial charge in [-0.15, -0.1) is 0 Å². The van der Waals surface area contributed by atoms with Gasteiger partial charge in [0.05, 0.1) is 6.10 Å². The van der Waals surface area contributed by atoms with Gasteiger partial charge in [0, 0.05) is 24.4 Å². The molecule has 1 aliphatic heterocycles. The first-order valence-electron chi connectivity index (χ1n) is 6.95. The lowest BCUT2D eigenvalue weighted by atomic mass is 10.0. The average Bonchev–Trinajstić information content (AvgIpc) is 2.29. The maximum atomic E-state index is 12.1. The molecule has 1 aromatic carbocycles.